The Morgan fingerprint density at radius 1 is 0.315 bits per heavy atom. The first kappa shape index (κ1) is 46.8. The maximum atomic E-state index is 7.25. The second-order valence-corrected chi connectivity index (χ2v) is 21.3. The van der Waals surface area contributed by atoms with Gasteiger partial charge in [-0.3, -0.25) is 0 Å². The molecule has 0 amide bonds. The molecule has 0 aliphatic heterocycles. The summed E-state index contributed by atoms with van der Waals surface area (Å²) >= 11 is 0. The molecule has 0 fully saturated rings. The lowest BCUT2D eigenvalue weighted by molar-refractivity contribution is 0.669. The first-order valence-corrected chi connectivity index (χ1v) is 25.2. The maximum Gasteiger partial charge on any atom is 0.136 e. The standard InChI is InChI=1S/C60H31B10NOS/c61-50-48(51(62)55(66)58(69)54(50)65)41-30-36(73(33-15-4-1-5-16-33,34-17-6-2-7-18-34)35-19-8-3-9-20-35)31-42(49-52(63)56(67)59(70)57(68)53(49)64)60(41)71-43-24-12-10-21-38(43)40-29-32(27-28-44(40)71)37-23-14-26-46-47(37)39-22-11-13-25-45(39)72-46/h1-31H. The Kier molecular flexibility index (Phi) is 11.6. The molecule has 0 atom stereocenters. The van der Waals surface area contributed by atoms with Gasteiger partial charge in [0.25, 0.3) is 0 Å². The van der Waals surface area contributed by atoms with Crippen LogP contribution in [0.15, 0.2) is 212 Å². The molecule has 0 saturated heterocycles. The fourth-order valence-corrected chi connectivity index (χ4v) is 14.7. The largest absolute Gasteiger partial charge is 0.456 e. The quantitative estimate of drug-likeness (QED) is 0.198. The second-order valence-electron chi connectivity index (χ2n) is 18.2. The Bertz CT molecular complexity index is 3970. The number of benzene rings is 10. The van der Waals surface area contributed by atoms with E-state index in [0.717, 1.165) is 74.5 Å². The molecular weight excluding hydrogens is 891 g/mol. The van der Waals surface area contributed by atoms with Gasteiger partial charge < -0.3 is 8.98 Å². The van der Waals surface area contributed by atoms with E-state index in [-0.39, 0.29) is 54.6 Å². The molecule has 20 radical (unpaired) electrons. The second kappa shape index (κ2) is 18.1. The van der Waals surface area contributed by atoms with Crippen LogP contribution in [0.1, 0.15) is 0 Å². The molecule has 0 N–H and O–H groups in total. The molecule has 2 nitrogen and oxygen atoms in total. The van der Waals surface area contributed by atoms with E-state index in [9.17, 15) is 0 Å². The zero-order valence-electron chi connectivity index (χ0n) is 39.4. The van der Waals surface area contributed by atoms with Crippen LogP contribution < -0.4 is 54.6 Å². The first-order chi connectivity index (χ1) is 35.4. The minimum Gasteiger partial charge on any atom is -0.456 e. The van der Waals surface area contributed by atoms with Gasteiger partial charge >= 0.3 is 0 Å². The van der Waals surface area contributed by atoms with E-state index in [1.807, 2.05) is 60.7 Å². The molecule has 13 heteroatoms. The van der Waals surface area contributed by atoms with Crippen molar-refractivity contribution in [2.75, 3.05) is 0 Å². The summed E-state index contributed by atoms with van der Waals surface area (Å²) in [5.74, 6) is 0. The highest BCUT2D eigenvalue weighted by Gasteiger charge is 2.36. The lowest BCUT2D eigenvalue weighted by atomic mass is 9.58. The molecule has 0 unspecified atom stereocenters. The van der Waals surface area contributed by atoms with E-state index in [4.69, 9.17) is 82.9 Å². The molecule has 2 heterocycles. The molecule has 2 aromatic heterocycles. The first-order valence-electron chi connectivity index (χ1n) is 23.6. The monoisotopic (exact) mass is 923 g/mol. The minimum absolute atomic E-state index is 0.0758. The third-order valence-corrected chi connectivity index (χ3v) is 18.2. The smallest absolute Gasteiger partial charge is 0.136 e. The van der Waals surface area contributed by atoms with E-state index in [0.29, 0.717) is 27.9 Å². The summed E-state index contributed by atoms with van der Waals surface area (Å²) < 4.78 is 8.54. The van der Waals surface area contributed by atoms with Crippen molar-refractivity contribution in [3.05, 3.63) is 188 Å². The summed E-state index contributed by atoms with van der Waals surface area (Å²) in [5, 5.41) is 3.96. The number of hydrogen-bond donors (Lipinski definition) is 0. The minimum atomic E-state index is -2.47. The van der Waals surface area contributed by atoms with Gasteiger partial charge in [0.05, 0.1) is 16.7 Å². The van der Waals surface area contributed by atoms with Crippen LogP contribution in [-0.2, 0) is 0 Å². The topological polar surface area (TPSA) is 18.1 Å². The Balaban J connectivity index is 1.31. The molecular formula is C60H31B10NOS. The third-order valence-electron chi connectivity index (χ3n) is 14.3. The molecule has 0 saturated carbocycles. The molecule has 12 aromatic rings. The highest BCUT2D eigenvalue weighted by molar-refractivity contribution is 8.34. The van der Waals surface area contributed by atoms with Gasteiger partial charge in [-0.05, 0) is 101 Å². The average Bonchev–Trinajstić information content (AvgIpc) is 3.98. The van der Waals surface area contributed by atoms with Gasteiger partial charge in [0.1, 0.15) is 89.6 Å². The average molecular weight is 922 g/mol. The molecule has 0 aliphatic carbocycles. The fourth-order valence-electron chi connectivity index (χ4n) is 10.8. The predicted molar refractivity (Wildman–Crippen MR) is 318 cm³/mol. The van der Waals surface area contributed by atoms with Gasteiger partial charge in [-0.15, -0.1) is 42.8 Å². The van der Waals surface area contributed by atoms with Crippen molar-refractivity contribution in [1.29, 1.82) is 0 Å². The Morgan fingerprint density at radius 3 is 1.26 bits per heavy atom. The van der Waals surface area contributed by atoms with Crippen molar-refractivity contribution in [3.8, 4) is 39.1 Å². The van der Waals surface area contributed by atoms with Crippen LogP contribution in [0.25, 0.3) is 82.8 Å². The van der Waals surface area contributed by atoms with E-state index >= 15 is 0 Å². The summed E-state index contributed by atoms with van der Waals surface area (Å²) in [7, 11) is 67.1. The molecule has 0 bridgehead atoms. The molecule has 73 heavy (non-hydrogen) atoms. The molecule has 318 valence electrons. The van der Waals surface area contributed by atoms with Gasteiger partial charge in [0, 0.05) is 52.3 Å². The van der Waals surface area contributed by atoms with Gasteiger partial charge in [0.2, 0.25) is 0 Å². The number of aromatic nitrogens is 1. The van der Waals surface area contributed by atoms with Crippen LogP contribution in [0, 0.1) is 0 Å². The van der Waals surface area contributed by atoms with Crippen molar-refractivity contribution in [1.82, 2.24) is 4.57 Å². The highest BCUT2D eigenvalue weighted by Crippen LogP contribution is 2.74. The zero-order chi connectivity index (χ0) is 50.4. The van der Waals surface area contributed by atoms with Crippen molar-refractivity contribution >= 4 is 187 Å². The maximum absolute atomic E-state index is 7.25. The number of nitrogens with zero attached hydrogens (tertiary/aromatic N) is 1. The summed E-state index contributed by atoms with van der Waals surface area (Å²) in [4.78, 5) is 3.97. The fraction of sp³-hybridized carbons (Fsp3) is 0. The molecule has 10 aromatic carbocycles. The number of para-hydroxylation sites is 2. The van der Waals surface area contributed by atoms with Crippen molar-refractivity contribution in [2.45, 2.75) is 19.6 Å². The lowest BCUT2D eigenvalue weighted by Crippen LogP contribution is -2.55. The van der Waals surface area contributed by atoms with Crippen molar-refractivity contribution in [3.63, 3.8) is 0 Å². The SMILES string of the molecule is [B]c1c([B])c([B])c(-c2cc(S(c3ccccc3)(c3ccccc3)c3ccccc3)cc(-c3c([B])c([B])c([B])c([B])c3[B])c2-n2c3ccccc3c3cc(-c4cccc5oc6ccccc6c45)ccc32)c([B])c1[B]. The van der Waals surface area contributed by atoms with Crippen molar-refractivity contribution in [2.24, 2.45) is 0 Å². The van der Waals surface area contributed by atoms with Gasteiger partial charge in [-0.1, -0.05) is 131 Å². The van der Waals surface area contributed by atoms with E-state index in [2.05, 4.69) is 132 Å². The third kappa shape index (κ3) is 7.09. The molecule has 0 aliphatic rings. The Hall–Kier alpha value is -7.20. The zero-order valence-corrected chi connectivity index (χ0v) is 40.3. The van der Waals surface area contributed by atoms with E-state index in [1.54, 1.807) is 0 Å². The summed E-state index contributed by atoms with van der Waals surface area (Å²) in [6.45, 7) is 0. The number of rotatable bonds is 8. The van der Waals surface area contributed by atoms with Crippen LogP contribution in [0.3, 0.4) is 0 Å². The van der Waals surface area contributed by atoms with Crippen LogP contribution in [0.4, 0.5) is 0 Å². The van der Waals surface area contributed by atoms with E-state index < -0.39 is 10.0 Å². The number of furan rings is 1. The van der Waals surface area contributed by atoms with Crippen LogP contribution in [0.5, 0.6) is 0 Å². The lowest BCUT2D eigenvalue weighted by Gasteiger charge is -2.43. The van der Waals surface area contributed by atoms with Crippen molar-refractivity contribution < 1.29 is 4.42 Å². The van der Waals surface area contributed by atoms with E-state index in [1.165, 1.54) is 0 Å². The Morgan fingerprint density at radius 2 is 0.740 bits per heavy atom. The van der Waals surface area contributed by atoms with Gasteiger partial charge in [0.15, 0.2) is 0 Å². The van der Waals surface area contributed by atoms with Gasteiger partial charge in [-0.25, -0.2) is 0 Å². The highest BCUT2D eigenvalue weighted by atomic mass is 32.3. The van der Waals surface area contributed by atoms with Crippen LogP contribution >= 0.6 is 10.0 Å². The summed E-state index contributed by atoms with van der Waals surface area (Å²) in [6, 6.07) is 64.5. The predicted octanol–water partition coefficient (Wildman–Crippen LogP) is 4.96. The van der Waals surface area contributed by atoms with Crippen LogP contribution in [-0.4, -0.2) is 83.0 Å². The molecule has 0 spiro atoms. The number of hydrogen-bond acceptors (Lipinski definition) is 1. The number of fused-ring (bicyclic) bond motifs is 6. The Labute approximate surface area is 439 Å². The molecule has 12 rings (SSSR count). The summed E-state index contributed by atoms with van der Waals surface area (Å²) in [5.41, 5.74) is 8.72. The normalized spacial score (nSPS) is 12.1. The van der Waals surface area contributed by atoms with Gasteiger partial charge in [-0.2, -0.15) is 0 Å². The summed E-state index contributed by atoms with van der Waals surface area (Å²) in [6.07, 6.45) is 0. The van der Waals surface area contributed by atoms with Crippen LogP contribution in [0.2, 0.25) is 0 Å².